The normalized spacial score (nSPS) is 11.7. The molecule has 0 saturated heterocycles. The van der Waals surface area contributed by atoms with Gasteiger partial charge in [0.25, 0.3) is 0 Å². The van der Waals surface area contributed by atoms with Crippen LogP contribution in [0.25, 0.3) is 115 Å². The molecule has 0 aliphatic rings. The van der Waals surface area contributed by atoms with Gasteiger partial charge in [-0.25, -0.2) is 0 Å². The van der Waals surface area contributed by atoms with Gasteiger partial charge in [0.1, 0.15) is 0 Å². The van der Waals surface area contributed by atoms with E-state index in [1.807, 2.05) is 12.4 Å². The van der Waals surface area contributed by atoms with Gasteiger partial charge in [-0.2, -0.15) is 0 Å². The van der Waals surface area contributed by atoms with Crippen LogP contribution in [0, 0.1) is 0 Å². The number of nitrogens with zero attached hydrogens (tertiary/aromatic N) is 2. The molecule has 0 saturated carbocycles. The number of hydrogen-bond donors (Lipinski definition) is 0. The number of benzene rings is 10. The van der Waals surface area contributed by atoms with E-state index in [9.17, 15) is 0 Å². The number of rotatable bonds is 5. The summed E-state index contributed by atoms with van der Waals surface area (Å²) in [6.45, 7) is 0. The van der Waals surface area contributed by atoms with Gasteiger partial charge >= 0.3 is 0 Å². The standard InChI is InChI=1S/C57H36N2/c1-2-12-47(13-3-1)59-54-29-28-45(35-52(54)53-36-58-31-30-55(53)59)43-24-25-44-34-46(27-26-42(44)33-43)57-50-16-8-6-14-48(50)56(49-15-7-9-17-51(49)57)39-21-18-38(19-22-39)41-23-20-37-10-4-5-11-40(37)32-41/h1-36H. The molecule has 274 valence electrons. The Balaban J connectivity index is 0.947. The molecule has 0 aliphatic carbocycles. The van der Waals surface area contributed by atoms with E-state index >= 15 is 0 Å². The van der Waals surface area contributed by atoms with E-state index in [4.69, 9.17) is 0 Å². The van der Waals surface area contributed by atoms with Crippen LogP contribution in [-0.4, -0.2) is 9.55 Å². The van der Waals surface area contributed by atoms with Crippen LogP contribution in [0.2, 0.25) is 0 Å². The highest BCUT2D eigenvalue weighted by molar-refractivity contribution is 6.22. The molecule has 0 atom stereocenters. The number of hydrogen-bond acceptors (Lipinski definition) is 1. The van der Waals surface area contributed by atoms with Crippen LogP contribution in [0.1, 0.15) is 0 Å². The molecule has 59 heavy (non-hydrogen) atoms. The summed E-state index contributed by atoms with van der Waals surface area (Å²) < 4.78 is 2.33. The molecule has 2 nitrogen and oxygen atoms in total. The molecule has 0 aliphatic heterocycles. The topological polar surface area (TPSA) is 17.8 Å². The number of fused-ring (bicyclic) bond motifs is 7. The van der Waals surface area contributed by atoms with E-state index in [2.05, 4.69) is 216 Å². The van der Waals surface area contributed by atoms with Crippen molar-refractivity contribution in [2.24, 2.45) is 0 Å². The minimum Gasteiger partial charge on any atom is -0.309 e. The van der Waals surface area contributed by atoms with Gasteiger partial charge in [0.15, 0.2) is 0 Å². The Morgan fingerprint density at radius 1 is 0.288 bits per heavy atom. The van der Waals surface area contributed by atoms with Crippen molar-refractivity contribution in [3.8, 4) is 50.2 Å². The Hall–Kier alpha value is -7.81. The summed E-state index contributed by atoms with van der Waals surface area (Å²) in [4.78, 5) is 4.51. The molecule has 0 unspecified atom stereocenters. The average molecular weight is 749 g/mol. The van der Waals surface area contributed by atoms with Gasteiger partial charge < -0.3 is 4.57 Å². The molecule has 2 heteroatoms. The zero-order valence-electron chi connectivity index (χ0n) is 32.2. The predicted octanol–water partition coefficient (Wildman–Crippen LogP) is 15.5. The summed E-state index contributed by atoms with van der Waals surface area (Å²) in [5.74, 6) is 0. The molecule has 10 aromatic carbocycles. The van der Waals surface area contributed by atoms with Crippen molar-refractivity contribution in [1.29, 1.82) is 0 Å². The van der Waals surface area contributed by atoms with E-state index in [1.54, 1.807) is 0 Å². The van der Waals surface area contributed by atoms with Crippen molar-refractivity contribution in [2.75, 3.05) is 0 Å². The molecule has 0 fully saturated rings. The second-order valence-corrected chi connectivity index (χ2v) is 15.6. The first kappa shape index (κ1) is 33.3. The second-order valence-electron chi connectivity index (χ2n) is 15.6. The molecule has 12 rings (SSSR count). The lowest BCUT2D eigenvalue weighted by Gasteiger charge is -2.18. The predicted molar refractivity (Wildman–Crippen MR) is 250 cm³/mol. The largest absolute Gasteiger partial charge is 0.309 e. The van der Waals surface area contributed by atoms with Gasteiger partial charge in [-0.1, -0.05) is 158 Å². The Morgan fingerprint density at radius 2 is 0.746 bits per heavy atom. The minimum atomic E-state index is 1.15. The summed E-state index contributed by atoms with van der Waals surface area (Å²) >= 11 is 0. The Labute approximate surface area is 341 Å². The maximum absolute atomic E-state index is 4.51. The van der Waals surface area contributed by atoms with Gasteiger partial charge in [-0.15, -0.1) is 0 Å². The first-order valence-corrected chi connectivity index (χ1v) is 20.3. The van der Waals surface area contributed by atoms with Crippen LogP contribution in [0.3, 0.4) is 0 Å². The maximum Gasteiger partial charge on any atom is 0.0571 e. The summed E-state index contributed by atoms with van der Waals surface area (Å²) in [6.07, 6.45) is 3.87. The smallest absolute Gasteiger partial charge is 0.0571 e. The van der Waals surface area contributed by atoms with E-state index < -0.39 is 0 Å². The van der Waals surface area contributed by atoms with Crippen LogP contribution in [0.5, 0.6) is 0 Å². The highest BCUT2D eigenvalue weighted by Crippen LogP contribution is 2.45. The molecule has 0 amide bonds. The fourth-order valence-electron chi connectivity index (χ4n) is 9.43. The SMILES string of the molecule is c1ccc(-n2c3ccncc3c3cc(-c4ccc5cc(-c6c7ccccc7c(-c7ccc(-c8ccc9ccccc9c8)cc7)c7ccccc67)ccc5c4)ccc32)cc1. The minimum absolute atomic E-state index is 1.15. The molecule has 2 aromatic heterocycles. The fraction of sp³-hybridized carbons (Fsp3) is 0. The third kappa shape index (κ3) is 5.45. The Kier molecular flexibility index (Phi) is 7.57. The third-order valence-electron chi connectivity index (χ3n) is 12.2. The third-order valence-corrected chi connectivity index (χ3v) is 12.2. The second kappa shape index (κ2) is 13.4. The van der Waals surface area contributed by atoms with Crippen LogP contribution >= 0.6 is 0 Å². The lowest BCUT2D eigenvalue weighted by molar-refractivity contribution is 1.17. The van der Waals surface area contributed by atoms with Gasteiger partial charge in [-0.05, 0) is 136 Å². The molecule has 0 bridgehead atoms. The fourth-order valence-corrected chi connectivity index (χ4v) is 9.43. The van der Waals surface area contributed by atoms with Gasteiger partial charge in [0, 0.05) is 28.9 Å². The highest BCUT2D eigenvalue weighted by Gasteiger charge is 2.18. The van der Waals surface area contributed by atoms with Crippen LogP contribution in [0.4, 0.5) is 0 Å². The summed E-state index contributed by atoms with van der Waals surface area (Å²) in [6, 6.07) is 75.6. The van der Waals surface area contributed by atoms with E-state index in [0.29, 0.717) is 0 Å². The van der Waals surface area contributed by atoms with E-state index in [-0.39, 0.29) is 0 Å². The lowest BCUT2D eigenvalue weighted by Crippen LogP contribution is -1.93. The summed E-state index contributed by atoms with van der Waals surface area (Å²) in [5.41, 5.74) is 13.3. The average Bonchev–Trinajstić information content (AvgIpc) is 3.64. The molecular weight excluding hydrogens is 713 g/mol. The van der Waals surface area contributed by atoms with Crippen molar-refractivity contribution in [2.45, 2.75) is 0 Å². The van der Waals surface area contributed by atoms with E-state index in [0.717, 1.165) is 16.6 Å². The van der Waals surface area contributed by atoms with Crippen molar-refractivity contribution < 1.29 is 0 Å². The lowest BCUT2D eigenvalue weighted by atomic mass is 9.85. The first-order valence-electron chi connectivity index (χ1n) is 20.3. The molecular formula is C57H36N2. The zero-order chi connectivity index (χ0) is 38.9. The molecule has 12 aromatic rings. The number of pyridine rings is 1. The van der Waals surface area contributed by atoms with Crippen LogP contribution < -0.4 is 0 Å². The van der Waals surface area contributed by atoms with Gasteiger partial charge in [0.2, 0.25) is 0 Å². The summed E-state index contributed by atoms with van der Waals surface area (Å²) in [5, 5.41) is 12.4. The van der Waals surface area contributed by atoms with Crippen LogP contribution in [-0.2, 0) is 0 Å². The van der Waals surface area contributed by atoms with Gasteiger partial charge in [-0.3, -0.25) is 4.98 Å². The van der Waals surface area contributed by atoms with Crippen molar-refractivity contribution in [3.63, 3.8) is 0 Å². The zero-order valence-corrected chi connectivity index (χ0v) is 32.2. The molecule has 0 spiro atoms. The maximum atomic E-state index is 4.51. The van der Waals surface area contributed by atoms with Gasteiger partial charge in [0.05, 0.1) is 11.0 Å². The van der Waals surface area contributed by atoms with Crippen LogP contribution in [0.15, 0.2) is 219 Å². The monoisotopic (exact) mass is 748 g/mol. The Bertz CT molecular complexity index is 3540. The number of para-hydroxylation sites is 1. The van der Waals surface area contributed by atoms with Crippen molar-refractivity contribution in [3.05, 3.63) is 219 Å². The molecule has 0 radical (unpaired) electrons. The van der Waals surface area contributed by atoms with Crippen molar-refractivity contribution in [1.82, 2.24) is 9.55 Å². The quantitative estimate of drug-likeness (QED) is 0.160. The molecule has 2 heterocycles. The molecule has 0 N–H and O–H groups in total. The highest BCUT2D eigenvalue weighted by atomic mass is 15.0. The van der Waals surface area contributed by atoms with E-state index in [1.165, 1.54) is 98.5 Å². The number of aromatic nitrogens is 2. The van der Waals surface area contributed by atoms with Crippen molar-refractivity contribution >= 4 is 64.9 Å². The summed E-state index contributed by atoms with van der Waals surface area (Å²) in [7, 11) is 0. The first-order chi connectivity index (χ1) is 29.2. The Morgan fingerprint density at radius 3 is 1.44 bits per heavy atom.